The Balaban J connectivity index is 1.74. The third-order valence-electron chi connectivity index (χ3n) is 3.61. The van der Waals surface area contributed by atoms with Crippen molar-refractivity contribution in [2.24, 2.45) is 0 Å². The molecule has 1 atom stereocenters. The van der Waals surface area contributed by atoms with Gasteiger partial charge in [-0.05, 0) is 36.3 Å². The summed E-state index contributed by atoms with van der Waals surface area (Å²) >= 11 is 1.77. The lowest BCUT2D eigenvalue weighted by Crippen LogP contribution is -2.31. The summed E-state index contributed by atoms with van der Waals surface area (Å²) in [7, 11) is 0. The first-order valence-corrected chi connectivity index (χ1v) is 7.82. The van der Waals surface area contributed by atoms with Crippen LogP contribution in [0.3, 0.4) is 0 Å². The van der Waals surface area contributed by atoms with Crippen molar-refractivity contribution >= 4 is 17.2 Å². The number of nitrogens with one attached hydrogen (secondary N) is 2. The topological polar surface area (TPSA) is 70.7 Å². The molecule has 5 nitrogen and oxygen atoms in total. The molecular formula is C14H18N4OS. The molecule has 1 aliphatic carbocycles. The van der Waals surface area contributed by atoms with Gasteiger partial charge >= 0.3 is 0 Å². The third kappa shape index (κ3) is 2.47. The molecule has 0 saturated carbocycles. The fourth-order valence-corrected chi connectivity index (χ4v) is 3.48. The van der Waals surface area contributed by atoms with Crippen LogP contribution in [0.5, 0.6) is 0 Å². The summed E-state index contributed by atoms with van der Waals surface area (Å²) in [5.41, 5.74) is 1.26. The largest absolute Gasteiger partial charge is 0.342 e. The average molecular weight is 290 g/mol. The number of rotatable bonds is 3. The number of aryl methyl sites for hydroxylation is 1. The number of fused-ring (bicyclic) bond motifs is 1. The Morgan fingerprint density at radius 3 is 3.15 bits per heavy atom. The van der Waals surface area contributed by atoms with Crippen molar-refractivity contribution in [1.29, 1.82) is 0 Å². The van der Waals surface area contributed by atoms with E-state index in [4.69, 9.17) is 0 Å². The molecule has 6 heteroatoms. The number of H-pyrrole nitrogens is 1. The van der Waals surface area contributed by atoms with Gasteiger partial charge < -0.3 is 5.32 Å². The summed E-state index contributed by atoms with van der Waals surface area (Å²) < 4.78 is 0. The number of carbonyl (C=O) groups excluding carboxylic acids is 1. The molecule has 2 heterocycles. The van der Waals surface area contributed by atoms with Crippen molar-refractivity contribution in [1.82, 2.24) is 20.5 Å². The predicted octanol–water partition coefficient (Wildman–Crippen LogP) is 2.80. The molecule has 1 amide bonds. The highest BCUT2D eigenvalue weighted by atomic mass is 32.1. The maximum absolute atomic E-state index is 12.2. The Morgan fingerprint density at radius 1 is 1.55 bits per heavy atom. The van der Waals surface area contributed by atoms with Gasteiger partial charge in [-0.3, -0.25) is 9.89 Å². The summed E-state index contributed by atoms with van der Waals surface area (Å²) in [6.45, 7) is 4.03. The summed E-state index contributed by atoms with van der Waals surface area (Å²) in [4.78, 5) is 17.9. The van der Waals surface area contributed by atoms with Crippen LogP contribution in [0.4, 0.5) is 0 Å². The molecule has 2 aromatic heterocycles. The molecule has 3 rings (SSSR count). The van der Waals surface area contributed by atoms with E-state index in [1.807, 2.05) is 13.8 Å². The van der Waals surface area contributed by atoms with Crippen molar-refractivity contribution in [3.63, 3.8) is 0 Å². The minimum absolute atomic E-state index is 0.0958. The zero-order valence-corrected chi connectivity index (χ0v) is 12.5. The molecule has 0 bridgehead atoms. The zero-order chi connectivity index (χ0) is 14.1. The van der Waals surface area contributed by atoms with Crippen molar-refractivity contribution in [2.75, 3.05) is 0 Å². The van der Waals surface area contributed by atoms with E-state index < -0.39 is 0 Å². The number of aromatic amines is 1. The Morgan fingerprint density at radius 2 is 2.40 bits per heavy atom. The highest BCUT2D eigenvalue weighted by Gasteiger charge is 2.24. The number of hydrogen-bond acceptors (Lipinski definition) is 4. The molecule has 0 saturated heterocycles. The summed E-state index contributed by atoms with van der Waals surface area (Å²) in [6.07, 6.45) is 3.22. The van der Waals surface area contributed by atoms with Gasteiger partial charge in [-0.15, -0.1) is 16.4 Å². The van der Waals surface area contributed by atoms with E-state index in [0.717, 1.165) is 25.1 Å². The smallest absolute Gasteiger partial charge is 0.291 e. The summed E-state index contributed by atoms with van der Waals surface area (Å²) in [6, 6.07) is 2.21. The molecule has 1 aliphatic rings. The number of hydrogen-bond donors (Lipinski definition) is 2. The molecule has 1 unspecified atom stereocenters. The van der Waals surface area contributed by atoms with Gasteiger partial charge in [-0.25, -0.2) is 4.98 Å². The normalized spacial score (nSPS) is 18.1. The Labute approximate surface area is 121 Å². The molecule has 106 valence electrons. The van der Waals surface area contributed by atoms with Gasteiger partial charge in [0.15, 0.2) is 0 Å². The van der Waals surface area contributed by atoms with E-state index in [1.54, 1.807) is 11.3 Å². The first-order chi connectivity index (χ1) is 9.65. The molecule has 0 aliphatic heterocycles. The molecule has 0 radical (unpaired) electrons. The van der Waals surface area contributed by atoms with Crippen molar-refractivity contribution in [3.05, 3.63) is 33.5 Å². The van der Waals surface area contributed by atoms with E-state index in [9.17, 15) is 4.79 Å². The molecule has 2 N–H and O–H groups in total. The van der Waals surface area contributed by atoms with Crippen LogP contribution in [0.1, 0.15) is 65.5 Å². The SMILES string of the molecule is CC(C)c1nc(C(=O)NC2CCCc3sccc32)n[nH]1. The molecule has 0 fully saturated rings. The van der Waals surface area contributed by atoms with Gasteiger partial charge in [0.05, 0.1) is 6.04 Å². The monoisotopic (exact) mass is 290 g/mol. The second-order valence-corrected chi connectivity index (χ2v) is 6.42. The quantitative estimate of drug-likeness (QED) is 0.913. The van der Waals surface area contributed by atoms with Crippen LogP contribution < -0.4 is 5.32 Å². The Hall–Kier alpha value is -1.69. The number of aromatic nitrogens is 3. The van der Waals surface area contributed by atoms with Crippen LogP contribution >= 0.6 is 11.3 Å². The van der Waals surface area contributed by atoms with Crippen LogP contribution in [0.2, 0.25) is 0 Å². The van der Waals surface area contributed by atoms with Crippen LogP contribution in [-0.4, -0.2) is 21.1 Å². The summed E-state index contributed by atoms with van der Waals surface area (Å²) in [5, 5.41) is 12.0. The minimum atomic E-state index is -0.197. The third-order valence-corrected chi connectivity index (χ3v) is 4.61. The van der Waals surface area contributed by atoms with E-state index in [1.165, 1.54) is 10.4 Å². The second kappa shape index (κ2) is 5.36. The van der Waals surface area contributed by atoms with E-state index >= 15 is 0 Å². The van der Waals surface area contributed by atoms with Crippen molar-refractivity contribution < 1.29 is 4.79 Å². The van der Waals surface area contributed by atoms with Gasteiger partial charge in [0.25, 0.3) is 5.91 Å². The van der Waals surface area contributed by atoms with Gasteiger partial charge in [0.1, 0.15) is 5.82 Å². The standard InChI is InChI=1S/C14H18N4OS/c1-8(2)12-16-13(18-17-12)14(19)15-10-4-3-5-11-9(10)6-7-20-11/h6-8,10H,3-5H2,1-2H3,(H,15,19)(H,16,17,18). The van der Waals surface area contributed by atoms with Crippen molar-refractivity contribution in [3.8, 4) is 0 Å². The van der Waals surface area contributed by atoms with E-state index in [2.05, 4.69) is 31.9 Å². The minimum Gasteiger partial charge on any atom is -0.342 e. The van der Waals surface area contributed by atoms with Gasteiger partial charge in [0, 0.05) is 10.8 Å². The number of thiophene rings is 1. The fourth-order valence-electron chi connectivity index (χ4n) is 2.49. The van der Waals surface area contributed by atoms with E-state index in [-0.39, 0.29) is 23.7 Å². The van der Waals surface area contributed by atoms with Crippen LogP contribution in [0.25, 0.3) is 0 Å². The highest BCUT2D eigenvalue weighted by Crippen LogP contribution is 2.33. The summed E-state index contributed by atoms with van der Waals surface area (Å²) in [5.74, 6) is 1.02. The van der Waals surface area contributed by atoms with Crippen LogP contribution in [-0.2, 0) is 6.42 Å². The lowest BCUT2D eigenvalue weighted by molar-refractivity contribution is 0.0922. The van der Waals surface area contributed by atoms with E-state index in [0.29, 0.717) is 0 Å². The number of amides is 1. The first kappa shape index (κ1) is 13.3. The molecule has 0 aromatic carbocycles. The van der Waals surface area contributed by atoms with Crippen LogP contribution in [0, 0.1) is 0 Å². The fraction of sp³-hybridized carbons (Fsp3) is 0.500. The number of carbonyl (C=O) groups is 1. The predicted molar refractivity (Wildman–Crippen MR) is 77.9 cm³/mol. The van der Waals surface area contributed by atoms with Crippen molar-refractivity contribution in [2.45, 2.75) is 45.1 Å². The molecule has 0 spiro atoms. The average Bonchev–Trinajstić information content (AvgIpc) is 3.08. The van der Waals surface area contributed by atoms with Gasteiger partial charge in [-0.1, -0.05) is 13.8 Å². The first-order valence-electron chi connectivity index (χ1n) is 6.94. The Kier molecular flexibility index (Phi) is 3.56. The highest BCUT2D eigenvalue weighted by molar-refractivity contribution is 7.10. The second-order valence-electron chi connectivity index (χ2n) is 5.42. The molecule has 2 aromatic rings. The number of nitrogens with zero attached hydrogens (tertiary/aromatic N) is 2. The van der Waals surface area contributed by atoms with Gasteiger partial charge in [-0.2, -0.15) is 0 Å². The van der Waals surface area contributed by atoms with Gasteiger partial charge in [0.2, 0.25) is 5.82 Å². The maximum Gasteiger partial charge on any atom is 0.291 e. The maximum atomic E-state index is 12.2. The van der Waals surface area contributed by atoms with Crippen LogP contribution in [0.15, 0.2) is 11.4 Å². The Bertz CT molecular complexity index is 616. The lowest BCUT2D eigenvalue weighted by atomic mass is 9.94. The zero-order valence-electron chi connectivity index (χ0n) is 11.6. The molecular weight excluding hydrogens is 272 g/mol. The lowest BCUT2D eigenvalue weighted by Gasteiger charge is -2.23. The molecule has 20 heavy (non-hydrogen) atoms.